The van der Waals surface area contributed by atoms with E-state index in [0.717, 1.165) is 0 Å². The Morgan fingerprint density at radius 1 is 0.941 bits per heavy atom. The van der Waals surface area contributed by atoms with Crippen LogP contribution in [0, 0.1) is 0 Å². The molecule has 2 amide bonds. The molecule has 176 valence electrons. The van der Waals surface area contributed by atoms with E-state index in [1.54, 1.807) is 60.7 Å². The monoisotopic (exact) mass is 500 g/mol. The second-order valence-electron chi connectivity index (χ2n) is 7.17. The van der Waals surface area contributed by atoms with Crippen LogP contribution in [0.1, 0.15) is 28.4 Å². The third-order valence-electron chi connectivity index (χ3n) is 4.80. The number of hydrogen-bond acceptors (Lipinski definition) is 5. The number of nitrogens with one attached hydrogen (secondary N) is 2. The first-order chi connectivity index (χ1) is 16.4. The van der Waals surface area contributed by atoms with Crippen LogP contribution in [-0.2, 0) is 14.3 Å². The maximum Gasteiger partial charge on any atom is 0.308 e. The maximum atomic E-state index is 12.8. The minimum absolute atomic E-state index is 0.187. The van der Waals surface area contributed by atoms with Crippen molar-refractivity contribution in [3.63, 3.8) is 0 Å². The Balaban J connectivity index is 1.63. The number of carbonyl (C=O) groups is 3. The number of rotatable bonds is 9. The Morgan fingerprint density at radius 3 is 2.35 bits per heavy atom. The minimum atomic E-state index is -0.687. The van der Waals surface area contributed by atoms with Crippen molar-refractivity contribution in [1.82, 2.24) is 5.32 Å². The smallest absolute Gasteiger partial charge is 0.308 e. The molecule has 0 unspecified atom stereocenters. The van der Waals surface area contributed by atoms with Crippen molar-refractivity contribution in [2.45, 2.75) is 12.5 Å². The molecule has 1 atom stereocenters. The van der Waals surface area contributed by atoms with E-state index in [1.165, 1.54) is 13.2 Å². The number of hydrogen-bond donors (Lipinski definition) is 2. The molecule has 0 aromatic heterocycles. The largest absolute Gasteiger partial charge is 0.495 e. The Kier molecular flexibility index (Phi) is 8.90. The highest BCUT2D eigenvalue weighted by Gasteiger charge is 2.22. The maximum absolute atomic E-state index is 12.8. The zero-order valence-corrected chi connectivity index (χ0v) is 19.7. The zero-order valence-electron chi connectivity index (χ0n) is 18.2. The zero-order chi connectivity index (χ0) is 24.5. The topological polar surface area (TPSA) is 93.7 Å². The third-order valence-corrected chi connectivity index (χ3v) is 5.36. The number of methoxy groups -OCH3 is 1. The lowest BCUT2D eigenvalue weighted by Gasteiger charge is -2.19. The Bertz CT molecular complexity index is 1170. The summed E-state index contributed by atoms with van der Waals surface area (Å²) >= 11 is 12.1. The number of amides is 2. The Labute approximate surface area is 207 Å². The average molecular weight is 501 g/mol. The molecule has 34 heavy (non-hydrogen) atoms. The van der Waals surface area contributed by atoms with E-state index >= 15 is 0 Å². The van der Waals surface area contributed by atoms with Crippen molar-refractivity contribution in [1.29, 1.82) is 0 Å². The van der Waals surface area contributed by atoms with Crippen molar-refractivity contribution < 1.29 is 23.9 Å². The van der Waals surface area contributed by atoms with Gasteiger partial charge in [-0.2, -0.15) is 0 Å². The van der Waals surface area contributed by atoms with E-state index in [9.17, 15) is 14.4 Å². The number of ether oxygens (including phenoxy) is 2. The van der Waals surface area contributed by atoms with Crippen LogP contribution in [-0.4, -0.2) is 31.5 Å². The van der Waals surface area contributed by atoms with Crippen molar-refractivity contribution in [2.24, 2.45) is 0 Å². The normalized spacial score (nSPS) is 11.3. The average Bonchev–Trinajstić information content (AvgIpc) is 2.83. The second-order valence-corrected chi connectivity index (χ2v) is 8.02. The number of carbonyl (C=O) groups excluding carboxylic acids is 3. The van der Waals surface area contributed by atoms with Gasteiger partial charge in [-0.25, -0.2) is 0 Å². The van der Waals surface area contributed by atoms with Crippen LogP contribution < -0.4 is 15.4 Å². The molecule has 2 N–H and O–H groups in total. The fourth-order valence-electron chi connectivity index (χ4n) is 3.15. The molecule has 3 aromatic rings. The highest BCUT2D eigenvalue weighted by molar-refractivity contribution is 6.33. The second kappa shape index (κ2) is 12.1. The van der Waals surface area contributed by atoms with Gasteiger partial charge in [0.1, 0.15) is 5.75 Å². The van der Waals surface area contributed by atoms with Gasteiger partial charge in [0.25, 0.3) is 11.8 Å². The first kappa shape index (κ1) is 25.1. The van der Waals surface area contributed by atoms with Crippen LogP contribution in [0.2, 0.25) is 10.0 Å². The quantitative estimate of drug-likeness (QED) is 0.401. The molecular weight excluding hydrogens is 479 g/mol. The van der Waals surface area contributed by atoms with Gasteiger partial charge >= 0.3 is 5.97 Å². The van der Waals surface area contributed by atoms with E-state index in [4.69, 9.17) is 32.7 Å². The number of benzene rings is 3. The summed E-state index contributed by atoms with van der Waals surface area (Å²) < 4.78 is 10.3. The lowest BCUT2D eigenvalue weighted by molar-refractivity contribution is -0.147. The fraction of sp³-hybridized carbons (Fsp3) is 0.160. The van der Waals surface area contributed by atoms with E-state index in [-0.39, 0.29) is 12.0 Å². The molecule has 0 aliphatic rings. The van der Waals surface area contributed by atoms with E-state index in [1.807, 2.05) is 6.07 Å². The van der Waals surface area contributed by atoms with Crippen molar-refractivity contribution in [3.05, 3.63) is 94.0 Å². The molecule has 0 spiro atoms. The first-order valence-electron chi connectivity index (χ1n) is 10.3. The SMILES string of the molecule is COc1ccc(Cl)cc1NC(=O)COC(=O)C[C@@H](NC(=O)c1ccccc1Cl)c1ccccc1. The molecule has 3 rings (SSSR count). The van der Waals surface area contributed by atoms with Gasteiger partial charge in [-0.1, -0.05) is 65.7 Å². The van der Waals surface area contributed by atoms with Gasteiger partial charge in [-0.15, -0.1) is 0 Å². The van der Waals surface area contributed by atoms with Gasteiger partial charge in [0.2, 0.25) is 0 Å². The number of esters is 1. The summed E-state index contributed by atoms with van der Waals surface area (Å²) in [5.74, 6) is -1.25. The van der Waals surface area contributed by atoms with E-state index in [2.05, 4.69) is 10.6 Å². The fourth-order valence-corrected chi connectivity index (χ4v) is 3.55. The Hall–Kier alpha value is -3.55. The molecule has 0 saturated heterocycles. The summed E-state index contributed by atoms with van der Waals surface area (Å²) in [6, 6.07) is 19.6. The predicted octanol–water partition coefficient (Wildman–Crippen LogP) is 5.05. The lowest BCUT2D eigenvalue weighted by atomic mass is 10.0. The molecule has 0 aliphatic carbocycles. The number of anilines is 1. The molecule has 9 heteroatoms. The summed E-state index contributed by atoms with van der Waals surface area (Å²) in [5.41, 5.74) is 1.34. The van der Waals surface area contributed by atoms with Gasteiger partial charge in [-0.05, 0) is 35.9 Å². The molecular formula is C25H22Cl2N2O5. The highest BCUT2D eigenvalue weighted by Crippen LogP contribution is 2.27. The summed E-state index contributed by atoms with van der Waals surface area (Å²) in [7, 11) is 1.46. The highest BCUT2D eigenvalue weighted by atomic mass is 35.5. The van der Waals surface area contributed by atoms with E-state index in [0.29, 0.717) is 27.0 Å². The lowest BCUT2D eigenvalue weighted by Crippen LogP contribution is -2.31. The molecule has 3 aromatic carbocycles. The number of halogens is 2. The van der Waals surface area contributed by atoms with Gasteiger partial charge in [0, 0.05) is 5.02 Å². The molecule has 0 bridgehead atoms. The van der Waals surface area contributed by atoms with Crippen molar-refractivity contribution in [3.8, 4) is 5.75 Å². The molecule has 0 saturated carbocycles. The minimum Gasteiger partial charge on any atom is -0.495 e. The van der Waals surface area contributed by atoms with Crippen LogP contribution in [0.15, 0.2) is 72.8 Å². The van der Waals surface area contributed by atoms with Gasteiger partial charge < -0.3 is 20.1 Å². The standard InChI is InChI=1S/C25H22Cl2N2O5/c1-33-22-12-11-17(26)13-21(22)28-23(30)15-34-24(31)14-20(16-7-3-2-4-8-16)29-25(32)18-9-5-6-10-19(18)27/h2-13,20H,14-15H2,1H3,(H,28,30)(H,29,32)/t20-/m1/s1. The van der Waals surface area contributed by atoms with Crippen LogP contribution in [0.3, 0.4) is 0 Å². The van der Waals surface area contributed by atoms with Gasteiger partial charge in [0.15, 0.2) is 6.61 Å². The van der Waals surface area contributed by atoms with Crippen molar-refractivity contribution in [2.75, 3.05) is 19.0 Å². The predicted molar refractivity (Wildman–Crippen MR) is 130 cm³/mol. The van der Waals surface area contributed by atoms with Crippen molar-refractivity contribution >= 4 is 46.7 Å². The summed E-state index contributed by atoms with van der Waals surface area (Å²) in [5, 5.41) is 6.11. The van der Waals surface area contributed by atoms with Gasteiger partial charge in [0.05, 0.1) is 35.8 Å². The van der Waals surface area contributed by atoms with Crippen LogP contribution in [0.5, 0.6) is 5.75 Å². The Morgan fingerprint density at radius 2 is 1.65 bits per heavy atom. The van der Waals surface area contributed by atoms with Crippen LogP contribution in [0.25, 0.3) is 0 Å². The van der Waals surface area contributed by atoms with E-state index < -0.39 is 30.4 Å². The summed E-state index contributed by atoms with van der Waals surface area (Å²) in [6.45, 7) is -0.519. The molecule has 0 aliphatic heterocycles. The van der Waals surface area contributed by atoms with Crippen LogP contribution >= 0.6 is 23.2 Å². The summed E-state index contributed by atoms with van der Waals surface area (Å²) in [4.78, 5) is 37.6. The first-order valence-corrected chi connectivity index (χ1v) is 11.0. The third kappa shape index (κ3) is 6.97. The molecule has 0 fully saturated rings. The van der Waals surface area contributed by atoms with Crippen LogP contribution in [0.4, 0.5) is 5.69 Å². The molecule has 0 heterocycles. The molecule has 0 radical (unpaired) electrons. The van der Waals surface area contributed by atoms with Gasteiger partial charge in [-0.3, -0.25) is 14.4 Å². The summed E-state index contributed by atoms with van der Waals surface area (Å²) in [6.07, 6.45) is -0.187. The molecule has 7 nitrogen and oxygen atoms in total.